The van der Waals surface area contributed by atoms with E-state index in [1.807, 2.05) is 25.2 Å². The molecule has 0 amide bonds. The third kappa shape index (κ3) is 6.48. The van der Waals surface area contributed by atoms with E-state index < -0.39 is 74.4 Å². The molecule has 7 N–H and O–H groups in total. The van der Waals surface area contributed by atoms with Gasteiger partial charge in [0.05, 0.1) is 35.9 Å². The fourth-order valence-electron chi connectivity index (χ4n) is 20.5. The summed E-state index contributed by atoms with van der Waals surface area (Å²) < 4.78 is 6.36. The number of benzene rings is 1. The van der Waals surface area contributed by atoms with Gasteiger partial charge in [0.1, 0.15) is 18.0 Å². The number of carbonyl (C=O) groups is 2. The van der Waals surface area contributed by atoms with E-state index in [4.69, 9.17) is 4.74 Å². The molecular weight excluding hydrogens is 867 g/mol. The van der Waals surface area contributed by atoms with Crippen LogP contribution in [0.25, 0.3) is 0 Å². The Morgan fingerprint density at radius 3 is 2.49 bits per heavy atom. The van der Waals surface area contributed by atoms with Gasteiger partial charge in [-0.15, -0.1) is 0 Å². The van der Waals surface area contributed by atoms with Crippen molar-refractivity contribution in [1.82, 2.24) is 5.32 Å². The first-order valence-corrected chi connectivity index (χ1v) is 27.9. The van der Waals surface area contributed by atoms with Crippen molar-refractivity contribution in [3.8, 4) is 11.8 Å². The van der Waals surface area contributed by atoms with Crippen molar-refractivity contribution >= 4 is 12.3 Å². The van der Waals surface area contributed by atoms with Gasteiger partial charge < -0.3 is 45.5 Å². The lowest BCUT2D eigenvalue weighted by molar-refractivity contribution is -0.358. The summed E-state index contributed by atoms with van der Waals surface area (Å²) in [4.78, 5) is 28.9. The van der Waals surface area contributed by atoms with Gasteiger partial charge in [0, 0.05) is 52.7 Å². The number of esters is 1. The molecule has 2 spiro atoms. The van der Waals surface area contributed by atoms with Crippen LogP contribution in [0.5, 0.6) is 0 Å². The van der Waals surface area contributed by atoms with Crippen LogP contribution in [0, 0.1) is 86.8 Å². The van der Waals surface area contributed by atoms with Gasteiger partial charge in [0.2, 0.25) is 0 Å². The molecule has 10 heteroatoms. The molecule has 8 fully saturated rings. The zero-order chi connectivity index (χ0) is 48.4. The van der Waals surface area contributed by atoms with Crippen molar-refractivity contribution < 1.29 is 45.0 Å². The summed E-state index contributed by atoms with van der Waals surface area (Å²) in [6.45, 7) is 4.13. The molecule has 1 heterocycles. The van der Waals surface area contributed by atoms with Crippen molar-refractivity contribution in [1.29, 1.82) is 0 Å². The monoisotopic (exact) mass is 950 g/mol. The zero-order valence-corrected chi connectivity index (χ0v) is 41.9. The minimum Gasteiger partial charge on any atom is -0.454 e. The van der Waals surface area contributed by atoms with Crippen LogP contribution in [0.1, 0.15) is 172 Å². The summed E-state index contributed by atoms with van der Waals surface area (Å²) in [6.07, 6.45) is 18.2. The van der Waals surface area contributed by atoms with E-state index in [2.05, 4.69) is 31.0 Å². The summed E-state index contributed by atoms with van der Waals surface area (Å²) in [5.74, 6) is 5.60. The number of hydrogen-bond acceptors (Lipinski definition) is 10. The van der Waals surface area contributed by atoms with Crippen LogP contribution >= 0.6 is 0 Å². The van der Waals surface area contributed by atoms with Crippen molar-refractivity contribution in [2.45, 2.75) is 203 Å². The number of fused-ring (bicyclic) bond motifs is 7. The fourth-order valence-corrected chi connectivity index (χ4v) is 20.5. The molecule has 378 valence electrons. The third-order valence-electron chi connectivity index (χ3n) is 23.5. The number of carbonyl (C=O) groups excluding carboxylic acids is 2. The van der Waals surface area contributed by atoms with Gasteiger partial charge >= 0.3 is 5.97 Å². The zero-order valence-electron chi connectivity index (χ0n) is 41.9. The molecule has 8 saturated carbocycles. The van der Waals surface area contributed by atoms with Gasteiger partial charge in [-0.3, -0.25) is 0 Å². The molecule has 69 heavy (non-hydrogen) atoms. The number of rotatable bonds is 10. The highest BCUT2D eigenvalue weighted by atomic mass is 16.5. The van der Waals surface area contributed by atoms with Gasteiger partial charge in [0.15, 0.2) is 0 Å². The molecule has 1 aromatic carbocycles. The normalized spacial score (nSPS) is 48.0. The second-order valence-corrected chi connectivity index (χ2v) is 25.4. The van der Waals surface area contributed by atoms with Gasteiger partial charge in [-0.25, -0.2) is 4.79 Å². The van der Waals surface area contributed by atoms with Crippen LogP contribution in [0.15, 0.2) is 29.8 Å². The highest BCUT2D eigenvalue weighted by Gasteiger charge is 2.87. The highest BCUT2D eigenvalue weighted by Crippen LogP contribution is 2.82. The van der Waals surface area contributed by atoms with E-state index in [1.54, 1.807) is 6.08 Å². The Balaban J connectivity index is 1.09. The molecule has 1 aliphatic heterocycles. The van der Waals surface area contributed by atoms with Gasteiger partial charge in [-0.05, 0) is 161 Å². The Morgan fingerprint density at radius 2 is 1.75 bits per heavy atom. The summed E-state index contributed by atoms with van der Waals surface area (Å²) in [5, 5.41) is 83.2. The van der Waals surface area contributed by atoms with Crippen molar-refractivity contribution in [3.05, 3.63) is 46.5 Å². The second kappa shape index (κ2) is 17.5. The van der Waals surface area contributed by atoms with Gasteiger partial charge in [0.25, 0.3) is 0 Å². The molecule has 0 radical (unpaired) electrons. The first kappa shape index (κ1) is 48.6. The molecule has 10 nitrogen and oxygen atoms in total. The van der Waals surface area contributed by atoms with Crippen molar-refractivity contribution in [3.63, 3.8) is 0 Å². The topological polar surface area (TPSA) is 177 Å². The van der Waals surface area contributed by atoms with Crippen LogP contribution in [-0.4, -0.2) is 91.6 Å². The van der Waals surface area contributed by atoms with Crippen molar-refractivity contribution in [2.75, 3.05) is 13.7 Å². The smallest absolute Gasteiger partial charge is 0.331 e. The number of ether oxygens (including phenoxy) is 1. The van der Waals surface area contributed by atoms with E-state index >= 15 is 4.79 Å². The molecule has 9 aliphatic carbocycles. The second-order valence-electron chi connectivity index (χ2n) is 25.4. The van der Waals surface area contributed by atoms with Crippen LogP contribution in [0.3, 0.4) is 0 Å². The Bertz CT molecular complexity index is 2260. The Labute approximate surface area is 411 Å². The van der Waals surface area contributed by atoms with Crippen LogP contribution in [0.4, 0.5) is 0 Å². The quantitative estimate of drug-likeness (QED) is 0.0539. The number of hydrogen-bond donors (Lipinski definition) is 7. The number of aliphatic hydroxyl groups excluding tert-OH is 3. The Kier molecular flexibility index (Phi) is 12.3. The minimum absolute atomic E-state index is 0.101. The predicted molar refractivity (Wildman–Crippen MR) is 262 cm³/mol. The molecule has 0 saturated heterocycles. The molecule has 11 rings (SSSR count). The first-order chi connectivity index (χ1) is 33.2. The molecule has 10 aliphatic rings. The summed E-state index contributed by atoms with van der Waals surface area (Å²) >= 11 is 0. The van der Waals surface area contributed by atoms with Gasteiger partial charge in [-0.2, -0.15) is 0 Å². The predicted octanol–water partition coefficient (Wildman–Crippen LogP) is 7.49. The Hall–Kier alpha value is -2.62. The average Bonchev–Trinajstić information content (AvgIpc) is 4.14. The molecule has 0 unspecified atom stereocenters. The fraction of sp³-hybridized carbons (Fsp3) is 0.797. The maximum absolute atomic E-state index is 15.0. The van der Waals surface area contributed by atoms with E-state index in [1.165, 1.54) is 32.1 Å². The summed E-state index contributed by atoms with van der Waals surface area (Å²) in [7, 11) is 1.91. The minimum atomic E-state index is -1.86. The standard InChI is InChI=1S/C59H83NO9/c1-4-5-6-12-37-20-23-53(29-37)33-54(34-62)49-21-24-55-22-10-9-15-39-16-11-17-41(32-61)44(39)27-48(60-3)45-26-42(56(55,35-63)47-28-50(64)69-51(45)47)31-58(55,67)57(49,66)30-43-25-40(36(2)38-13-7-8-14-38)18-19-46(52(53)65)59(43,54)68/h11,16-17,28,34,36-38,40,42-43,45-46,48-49,51-52,60-61,63,65-68H,4-8,10,12-14,18-27,29-33,35H2,1-3H3/t36-,37+,40+,42+,43+,45+,46-,48-,49+,51+,52+,53-,54-,55+,56+,57-,58+,59-/m0/s1. The lowest BCUT2D eigenvalue weighted by atomic mass is 9.33. The van der Waals surface area contributed by atoms with Crippen molar-refractivity contribution in [2.24, 2.45) is 74.9 Å². The number of unbranched alkanes of at least 4 members (excludes halogenated alkanes) is 2. The van der Waals surface area contributed by atoms with E-state index in [-0.39, 0.29) is 49.9 Å². The van der Waals surface area contributed by atoms with E-state index in [0.29, 0.717) is 81.1 Å². The number of likely N-dealkylation sites (N-methyl/N-ethyl adjacent to an activating group) is 1. The maximum atomic E-state index is 15.0. The molecule has 4 bridgehead atoms. The molecule has 1 aromatic rings. The SMILES string of the molecule is CCCCC[C@@H]1CC[C@]2(C1)C[C@]1(C=O)[C@H]3CC[C@@]45CCC#Cc6cccc(CO)c6C[C@H](NC)[C@H]6C[C@H](C[C@]4(O)[C@]3(O)C[C@H]3C[C@H]([C@@H](C)C4CCCC4)CC[C@@H]([C@H]2O)[C@@]31O)[C@]5(CO)C1=CC(=O)O[C@@H]16. The number of aliphatic hydroxyl groups is 6. The van der Waals surface area contributed by atoms with Gasteiger partial charge in [-0.1, -0.05) is 89.2 Å². The maximum Gasteiger partial charge on any atom is 0.331 e. The summed E-state index contributed by atoms with van der Waals surface area (Å²) in [5.41, 5.74) is -6.33. The average molecular weight is 950 g/mol. The lowest BCUT2D eigenvalue weighted by Gasteiger charge is -2.74. The van der Waals surface area contributed by atoms with E-state index in [0.717, 1.165) is 67.9 Å². The Morgan fingerprint density at radius 1 is 0.942 bits per heavy atom. The van der Waals surface area contributed by atoms with E-state index in [9.17, 15) is 35.4 Å². The largest absolute Gasteiger partial charge is 0.454 e. The number of aldehydes is 1. The van der Waals surface area contributed by atoms with Crippen LogP contribution in [0.2, 0.25) is 0 Å². The third-order valence-corrected chi connectivity index (χ3v) is 23.5. The van der Waals surface area contributed by atoms with Crippen LogP contribution < -0.4 is 5.32 Å². The number of nitrogens with one attached hydrogen (secondary N) is 1. The first-order valence-electron chi connectivity index (χ1n) is 27.9. The molecular formula is C59H83NO9. The van der Waals surface area contributed by atoms with Crippen LogP contribution in [-0.2, 0) is 27.4 Å². The highest BCUT2D eigenvalue weighted by molar-refractivity contribution is 5.87. The summed E-state index contributed by atoms with van der Waals surface area (Å²) in [6, 6.07) is 5.61. The molecule has 18 atom stereocenters. The lowest BCUT2D eigenvalue weighted by Crippen LogP contribution is -2.82. The molecule has 0 aromatic heterocycles.